The van der Waals surface area contributed by atoms with Crippen molar-refractivity contribution in [3.05, 3.63) is 53.1 Å². The van der Waals surface area contributed by atoms with Crippen molar-refractivity contribution in [2.24, 2.45) is 0 Å². The Morgan fingerprint density at radius 2 is 1.86 bits per heavy atom. The number of carbonyl (C=O) groups is 2. The highest BCUT2D eigenvalue weighted by molar-refractivity contribution is 5.92. The molecule has 0 aliphatic heterocycles. The van der Waals surface area contributed by atoms with Gasteiger partial charge in [0.15, 0.2) is 0 Å². The van der Waals surface area contributed by atoms with Gasteiger partial charge in [-0.3, -0.25) is 9.59 Å². The molecule has 2 rings (SSSR count). The van der Waals surface area contributed by atoms with Crippen LogP contribution < -0.4 is 10.1 Å². The summed E-state index contributed by atoms with van der Waals surface area (Å²) in [6, 6.07) is 7.84. The quantitative estimate of drug-likeness (QED) is 0.664. The predicted molar refractivity (Wildman–Crippen MR) is 91.7 cm³/mol. The van der Waals surface area contributed by atoms with E-state index in [2.05, 4.69) is 15.3 Å². The van der Waals surface area contributed by atoms with E-state index in [1.807, 2.05) is 0 Å². The van der Waals surface area contributed by atoms with Crippen LogP contribution in [-0.2, 0) is 17.5 Å². The molecule has 2 aromatic rings. The molecule has 7 nitrogen and oxygen atoms in total. The number of nitrogens with zero attached hydrogens (tertiary/aromatic N) is 2. The molecule has 1 heterocycles. The monoisotopic (exact) mass is 397 g/mol. The molecule has 150 valence electrons. The zero-order chi connectivity index (χ0) is 20.7. The second-order valence-electron chi connectivity index (χ2n) is 5.89. The van der Waals surface area contributed by atoms with Gasteiger partial charge < -0.3 is 15.2 Å². The maximum absolute atomic E-state index is 12.8. The summed E-state index contributed by atoms with van der Waals surface area (Å²) in [5.74, 6) is -2.45. The van der Waals surface area contributed by atoms with Gasteiger partial charge in [0, 0.05) is 18.7 Å². The van der Waals surface area contributed by atoms with Gasteiger partial charge >= 0.3 is 12.1 Å². The van der Waals surface area contributed by atoms with Crippen LogP contribution in [0.15, 0.2) is 30.3 Å². The zero-order valence-corrected chi connectivity index (χ0v) is 14.9. The van der Waals surface area contributed by atoms with E-state index < -0.39 is 23.9 Å². The Kier molecular flexibility index (Phi) is 6.91. The standard InChI is InChI=1S/C18H18F3N3O4/c1-11-9-14(24-17(23-11)18(19,20)21)16(27)22-10-12-4-6-13(7-5-12)28-8-2-3-15(25)26/h4-7,9H,2-3,8,10H2,1H3,(H,22,27)(H,25,26). The third-order valence-electron chi connectivity index (χ3n) is 3.52. The number of nitrogens with one attached hydrogen (secondary N) is 1. The highest BCUT2D eigenvalue weighted by Gasteiger charge is 2.35. The Morgan fingerprint density at radius 1 is 1.18 bits per heavy atom. The number of hydrogen-bond acceptors (Lipinski definition) is 5. The molecule has 0 atom stereocenters. The van der Waals surface area contributed by atoms with E-state index in [0.29, 0.717) is 17.7 Å². The number of halogens is 3. The minimum atomic E-state index is -4.73. The van der Waals surface area contributed by atoms with Gasteiger partial charge in [-0.15, -0.1) is 0 Å². The first-order chi connectivity index (χ1) is 13.1. The molecular formula is C18H18F3N3O4. The molecule has 0 unspecified atom stereocenters. The number of hydrogen-bond donors (Lipinski definition) is 2. The third-order valence-corrected chi connectivity index (χ3v) is 3.52. The molecule has 1 aromatic heterocycles. The summed E-state index contributed by atoms with van der Waals surface area (Å²) in [7, 11) is 0. The van der Waals surface area contributed by atoms with Gasteiger partial charge in [-0.25, -0.2) is 9.97 Å². The molecule has 1 aromatic carbocycles. The molecule has 0 aliphatic carbocycles. The maximum atomic E-state index is 12.8. The average Bonchev–Trinajstić information content (AvgIpc) is 2.63. The van der Waals surface area contributed by atoms with E-state index in [1.165, 1.54) is 13.0 Å². The van der Waals surface area contributed by atoms with Crippen molar-refractivity contribution in [1.82, 2.24) is 15.3 Å². The second kappa shape index (κ2) is 9.16. The van der Waals surface area contributed by atoms with Crippen LogP contribution in [0.4, 0.5) is 13.2 Å². The van der Waals surface area contributed by atoms with E-state index in [9.17, 15) is 22.8 Å². The molecule has 0 spiro atoms. The molecule has 0 radical (unpaired) electrons. The number of benzene rings is 1. The molecule has 10 heteroatoms. The van der Waals surface area contributed by atoms with Crippen LogP contribution in [-0.4, -0.2) is 33.6 Å². The van der Waals surface area contributed by atoms with Crippen molar-refractivity contribution in [3.63, 3.8) is 0 Å². The summed E-state index contributed by atoms with van der Waals surface area (Å²) < 4.78 is 43.6. The Balaban J connectivity index is 1.91. The molecular weight excluding hydrogens is 379 g/mol. The smallest absolute Gasteiger partial charge is 0.451 e. The minimum Gasteiger partial charge on any atom is -0.494 e. The van der Waals surface area contributed by atoms with Crippen LogP contribution in [0, 0.1) is 6.92 Å². The van der Waals surface area contributed by atoms with E-state index in [4.69, 9.17) is 9.84 Å². The first kappa shape index (κ1) is 21.1. The van der Waals surface area contributed by atoms with Gasteiger partial charge in [0.25, 0.3) is 5.91 Å². The van der Waals surface area contributed by atoms with Gasteiger partial charge in [0.05, 0.1) is 6.61 Å². The lowest BCUT2D eigenvalue weighted by molar-refractivity contribution is -0.145. The molecule has 1 amide bonds. The highest BCUT2D eigenvalue weighted by Crippen LogP contribution is 2.26. The Bertz CT molecular complexity index is 839. The Hall–Kier alpha value is -3.17. The number of carboxylic acid groups (broad SMARTS) is 1. The lowest BCUT2D eigenvalue weighted by Crippen LogP contribution is -2.25. The van der Waals surface area contributed by atoms with Crippen LogP contribution in [0.1, 0.15) is 40.4 Å². The summed E-state index contributed by atoms with van der Waals surface area (Å²) in [6.07, 6.45) is -4.34. The van der Waals surface area contributed by atoms with Crippen molar-refractivity contribution in [2.45, 2.75) is 32.5 Å². The molecule has 0 fully saturated rings. The number of carbonyl (C=O) groups excluding carboxylic acids is 1. The van der Waals surface area contributed by atoms with Crippen LogP contribution >= 0.6 is 0 Å². The summed E-state index contributed by atoms with van der Waals surface area (Å²) in [5, 5.41) is 11.1. The fourth-order valence-corrected chi connectivity index (χ4v) is 2.20. The summed E-state index contributed by atoms with van der Waals surface area (Å²) >= 11 is 0. The van der Waals surface area contributed by atoms with E-state index in [1.54, 1.807) is 24.3 Å². The molecule has 0 bridgehead atoms. The topological polar surface area (TPSA) is 101 Å². The van der Waals surface area contributed by atoms with Crippen LogP contribution in [0.3, 0.4) is 0 Å². The number of amides is 1. The number of ether oxygens (including phenoxy) is 1. The van der Waals surface area contributed by atoms with Crippen molar-refractivity contribution >= 4 is 11.9 Å². The SMILES string of the molecule is Cc1cc(C(=O)NCc2ccc(OCCCC(=O)O)cc2)nc(C(F)(F)F)n1. The van der Waals surface area contributed by atoms with Gasteiger partial charge in [-0.1, -0.05) is 12.1 Å². The fraction of sp³-hybridized carbons (Fsp3) is 0.333. The third kappa shape index (κ3) is 6.53. The average molecular weight is 397 g/mol. The van der Waals surface area contributed by atoms with E-state index >= 15 is 0 Å². The summed E-state index contributed by atoms with van der Waals surface area (Å²) in [6.45, 7) is 1.70. The first-order valence-corrected chi connectivity index (χ1v) is 8.30. The van der Waals surface area contributed by atoms with Crippen molar-refractivity contribution in [2.75, 3.05) is 6.61 Å². The molecule has 0 saturated carbocycles. The Labute approximate surface area is 158 Å². The zero-order valence-electron chi connectivity index (χ0n) is 14.9. The summed E-state index contributed by atoms with van der Waals surface area (Å²) in [5.41, 5.74) is 0.378. The van der Waals surface area contributed by atoms with Gasteiger partial charge in [-0.05, 0) is 37.1 Å². The van der Waals surface area contributed by atoms with E-state index in [-0.39, 0.29) is 31.0 Å². The lowest BCUT2D eigenvalue weighted by atomic mass is 10.2. The normalized spacial score (nSPS) is 11.1. The minimum absolute atomic E-state index is 0.0166. The molecule has 2 N–H and O–H groups in total. The molecule has 28 heavy (non-hydrogen) atoms. The van der Waals surface area contributed by atoms with Gasteiger partial charge in [-0.2, -0.15) is 13.2 Å². The van der Waals surface area contributed by atoms with Gasteiger partial charge in [0.2, 0.25) is 5.82 Å². The lowest BCUT2D eigenvalue weighted by Gasteiger charge is -2.10. The Morgan fingerprint density at radius 3 is 2.46 bits per heavy atom. The number of aliphatic carboxylic acids is 1. The number of alkyl halides is 3. The van der Waals surface area contributed by atoms with E-state index in [0.717, 1.165) is 0 Å². The van der Waals surface area contributed by atoms with Gasteiger partial charge in [0.1, 0.15) is 11.4 Å². The van der Waals surface area contributed by atoms with Crippen LogP contribution in [0.25, 0.3) is 0 Å². The van der Waals surface area contributed by atoms with Crippen molar-refractivity contribution < 1.29 is 32.6 Å². The van der Waals surface area contributed by atoms with Crippen LogP contribution in [0.5, 0.6) is 5.75 Å². The molecule has 0 saturated heterocycles. The molecule has 0 aliphatic rings. The second-order valence-corrected chi connectivity index (χ2v) is 5.89. The predicted octanol–water partition coefficient (Wildman–Crippen LogP) is 2.98. The van der Waals surface area contributed by atoms with Crippen molar-refractivity contribution in [3.8, 4) is 5.75 Å². The number of aryl methyl sites for hydroxylation is 1. The first-order valence-electron chi connectivity index (χ1n) is 8.30. The van der Waals surface area contributed by atoms with Crippen LogP contribution in [0.2, 0.25) is 0 Å². The summed E-state index contributed by atoms with van der Waals surface area (Å²) in [4.78, 5) is 29.1. The maximum Gasteiger partial charge on any atom is 0.451 e. The number of rotatable bonds is 8. The fourth-order valence-electron chi connectivity index (χ4n) is 2.20. The van der Waals surface area contributed by atoms with Crippen molar-refractivity contribution in [1.29, 1.82) is 0 Å². The highest BCUT2D eigenvalue weighted by atomic mass is 19.4. The number of aromatic nitrogens is 2. The number of carboxylic acids is 1. The largest absolute Gasteiger partial charge is 0.494 e.